The average molecular weight is 480 g/mol. The Kier molecular flexibility index (Phi) is 5.87. The molecule has 0 heterocycles. The number of aryl methyl sites for hydroxylation is 1. The number of rotatable bonds is 6. The molecule has 5 aromatic rings. The molecule has 4 nitrogen and oxygen atoms in total. The van der Waals surface area contributed by atoms with Gasteiger partial charge in [0.25, 0.3) is 10.0 Å². The van der Waals surface area contributed by atoms with Crippen molar-refractivity contribution >= 4 is 43.0 Å². The van der Waals surface area contributed by atoms with Crippen molar-refractivity contribution in [3.63, 3.8) is 0 Å². The van der Waals surface area contributed by atoms with E-state index < -0.39 is 10.0 Å². The van der Waals surface area contributed by atoms with Gasteiger partial charge in [0.15, 0.2) is 5.78 Å². The van der Waals surface area contributed by atoms with Crippen molar-refractivity contribution in [3.8, 4) is 0 Å². The number of sulfonamides is 1. The zero-order valence-electron chi connectivity index (χ0n) is 19.6. The fourth-order valence-electron chi connectivity index (χ4n) is 4.40. The molecule has 0 N–H and O–H groups in total. The van der Waals surface area contributed by atoms with Gasteiger partial charge in [-0.15, -0.1) is 0 Å². The van der Waals surface area contributed by atoms with Crippen LogP contribution in [-0.2, 0) is 16.6 Å². The molecule has 0 aliphatic carbocycles. The van der Waals surface area contributed by atoms with Crippen molar-refractivity contribution in [2.24, 2.45) is 0 Å². The molecule has 5 rings (SSSR count). The second-order valence-electron chi connectivity index (χ2n) is 8.74. The van der Waals surface area contributed by atoms with Gasteiger partial charge in [0.2, 0.25) is 0 Å². The fourth-order valence-corrected chi connectivity index (χ4v) is 5.86. The molecule has 5 heteroatoms. The van der Waals surface area contributed by atoms with Crippen molar-refractivity contribution in [3.05, 3.63) is 120 Å². The molecule has 35 heavy (non-hydrogen) atoms. The summed E-state index contributed by atoms with van der Waals surface area (Å²) in [5.41, 5.74) is 2.95. The molecule has 0 radical (unpaired) electrons. The summed E-state index contributed by atoms with van der Waals surface area (Å²) in [5, 5.41) is 3.57. The third kappa shape index (κ3) is 4.31. The molecule has 0 atom stereocenters. The van der Waals surface area contributed by atoms with E-state index in [4.69, 9.17) is 0 Å². The summed E-state index contributed by atoms with van der Waals surface area (Å²) in [6, 6.07) is 31.8. The predicted octanol–water partition coefficient (Wildman–Crippen LogP) is 6.90. The molecule has 0 amide bonds. The van der Waals surface area contributed by atoms with Crippen LogP contribution in [0, 0.1) is 6.92 Å². The molecule has 0 aromatic heterocycles. The lowest BCUT2D eigenvalue weighted by Gasteiger charge is -2.27. The molecule has 0 spiro atoms. The lowest BCUT2D eigenvalue weighted by molar-refractivity contribution is 0.101. The van der Waals surface area contributed by atoms with Gasteiger partial charge in [-0.05, 0) is 59.8 Å². The van der Waals surface area contributed by atoms with Crippen LogP contribution in [0.1, 0.15) is 28.4 Å². The lowest BCUT2D eigenvalue weighted by Crippen LogP contribution is -2.30. The van der Waals surface area contributed by atoms with E-state index >= 15 is 0 Å². The van der Waals surface area contributed by atoms with Crippen LogP contribution in [0.3, 0.4) is 0 Å². The van der Waals surface area contributed by atoms with Gasteiger partial charge in [-0.3, -0.25) is 9.10 Å². The summed E-state index contributed by atoms with van der Waals surface area (Å²) in [5.74, 6) is -0.0676. The highest BCUT2D eigenvalue weighted by atomic mass is 32.2. The minimum atomic E-state index is -3.91. The molecular weight excluding hydrogens is 454 g/mol. The number of carbonyl (C=O) groups excluding carboxylic acids is 1. The van der Waals surface area contributed by atoms with Gasteiger partial charge in [0, 0.05) is 10.9 Å². The molecule has 0 unspecified atom stereocenters. The Morgan fingerprint density at radius 1 is 0.743 bits per heavy atom. The van der Waals surface area contributed by atoms with E-state index in [9.17, 15) is 13.2 Å². The number of hydrogen-bond donors (Lipinski definition) is 0. The Balaban J connectivity index is 1.83. The van der Waals surface area contributed by atoms with Gasteiger partial charge in [0.1, 0.15) is 0 Å². The number of anilines is 1. The third-order valence-corrected chi connectivity index (χ3v) is 8.07. The summed E-state index contributed by atoms with van der Waals surface area (Å²) < 4.78 is 29.7. The van der Waals surface area contributed by atoms with E-state index in [1.807, 2.05) is 79.7 Å². The lowest BCUT2D eigenvalue weighted by atomic mass is 9.97. The normalized spacial score (nSPS) is 11.6. The highest BCUT2D eigenvalue weighted by Gasteiger charge is 2.27. The first-order valence-electron chi connectivity index (χ1n) is 11.4. The summed E-state index contributed by atoms with van der Waals surface area (Å²) in [6.45, 7) is 3.61. The van der Waals surface area contributed by atoms with Crippen LogP contribution in [-0.4, -0.2) is 14.2 Å². The Morgan fingerprint density at radius 2 is 1.43 bits per heavy atom. The summed E-state index contributed by atoms with van der Waals surface area (Å²) in [4.78, 5) is 12.5. The van der Waals surface area contributed by atoms with Crippen LogP contribution in [0.15, 0.2) is 108 Å². The van der Waals surface area contributed by atoms with Crippen molar-refractivity contribution in [2.75, 3.05) is 4.31 Å². The van der Waals surface area contributed by atoms with E-state index in [1.54, 1.807) is 30.3 Å². The summed E-state index contributed by atoms with van der Waals surface area (Å²) in [6.07, 6.45) is 0. The second kappa shape index (κ2) is 9.01. The third-order valence-electron chi connectivity index (χ3n) is 6.29. The molecule has 5 aromatic carbocycles. The van der Waals surface area contributed by atoms with Crippen LogP contribution in [0.2, 0.25) is 0 Å². The molecule has 0 saturated heterocycles. The number of fused-ring (bicyclic) bond motifs is 3. The first-order chi connectivity index (χ1) is 16.8. The zero-order valence-corrected chi connectivity index (χ0v) is 20.4. The van der Waals surface area contributed by atoms with Crippen LogP contribution in [0.25, 0.3) is 21.5 Å². The SMILES string of the molecule is CC(=O)c1ccc2c(c1)c(N(Cc1ccccc1)S(=O)(=O)c1ccc(C)cc1)cc1ccccc12. The maximum Gasteiger partial charge on any atom is 0.264 e. The standard InChI is InChI=1S/C30H25NO3S/c1-21-12-15-26(16-13-21)35(33,34)31(20-23-8-4-3-5-9-23)30-19-25-10-6-7-11-27(25)28-17-14-24(22(2)32)18-29(28)30/h3-19H,20H2,1-2H3. The smallest absolute Gasteiger partial charge is 0.264 e. The Hall–Kier alpha value is -3.96. The molecular formula is C30H25NO3S. The first kappa shape index (κ1) is 22.8. The first-order valence-corrected chi connectivity index (χ1v) is 12.9. The van der Waals surface area contributed by atoms with Crippen LogP contribution >= 0.6 is 0 Å². The summed E-state index contributed by atoms with van der Waals surface area (Å²) >= 11 is 0. The number of hydrogen-bond acceptors (Lipinski definition) is 3. The van der Waals surface area contributed by atoms with Crippen LogP contribution in [0.4, 0.5) is 5.69 Å². The fraction of sp³-hybridized carbons (Fsp3) is 0.100. The van der Waals surface area contributed by atoms with Crippen molar-refractivity contribution in [1.29, 1.82) is 0 Å². The zero-order chi connectivity index (χ0) is 24.6. The number of ketones is 1. The van der Waals surface area contributed by atoms with Gasteiger partial charge in [-0.25, -0.2) is 8.42 Å². The van der Waals surface area contributed by atoms with Gasteiger partial charge in [-0.1, -0.05) is 84.4 Å². The number of Topliss-reactive ketones (excluding diaryl/α,β-unsaturated/α-hetero) is 1. The maximum atomic E-state index is 14.1. The van der Waals surface area contributed by atoms with Gasteiger partial charge in [0.05, 0.1) is 17.1 Å². The Labute approximate surface area is 205 Å². The Bertz CT molecular complexity index is 1660. The maximum absolute atomic E-state index is 14.1. The minimum absolute atomic E-state index is 0.0676. The molecule has 0 saturated carbocycles. The van der Waals surface area contributed by atoms with Gasteiger partial charge < -0.3 is 0 Å². The minimum Gasteiger partial charge on any atom is -0.295 e. The Morgan fingerprint density at radius 3 is 2.14 bits per heavy atom. The van der Waals surface area contributed by atoms with Crippen molar-refractivity contribution in [2.45, 2.75) is 25.3 Å². The van der Waals surface area contributed by atoms with Crippen molar-refractivity contribution in [1.82, 2.24) is 0 Å². The average Bonchev–Trinajstić information content (AvgIpc) is 2.87. The van der Waals surface area contributed by atoms with Crippen LogP contribution < -0.4 is 4.31 Å². The second-order valence-corrected chi connectivity index (χ2v) is 10.6. The largest absolute Gasteiger partial charge is 0.295 e. The van der Waals surface area contributed by atoms with E-state index in [-0.39, 0.29) is 17.2 Å². The highest BCUT2D eigenvalue weighted by molar-refractivity contribution is 7.92. The number of benzene rings is 5. The van der Waals surface area contributed by atoms with Crippen LogP contribution in [0.5, 0.6) is 0 Å². The molecule has 0 fully saturated rings. The predicted molar refractivity (Wildman–Crippen MR) is 142 cm³/mol. The quantitative estimate of drug-likeness (QED) is 0.197. The molecule has 174 valence electrons. The van der Waals surface area contributed by atoms with E-state index in [0.717, 1.165) is 32.7 Å². The molecule has 0 bridgehead atoms. The number of carbonyl (C=O) groups is 1. The van der Waals surface area contributed by atoms with E-state index in [2.05, 4.69) is 0 Å². The van der Waals surface area contributed by atoms with E-state index in [1.165, 1.54) is 11.2 Å². The highest BCUT2D eigenvalue weighted by Crippen LogP contribution is 2.38. The summed E-state index contributed by atoms with van der Waals surface area (Å²) in [7, 11) is -3.91. The van der Waals surface area contributed by atoms with Crippen molar-refractivity contribution < 1.29 is 13.2 Å². The number of nitrogens with zero attached hydrogens (tertiary/aromatic N) is 1. The molecule has 0 aliphatic heterocycles. The molecule has 0 aliphatic rings. The topological polar surface area (TPSA) is 54.5 Å². The van der Waals surface area contributed by atoms with E-state index in [0.29, 0.717) is 11.3 Å². The van der Waals surface area contributed by atoms with Gasteiger partial charge >= 0.3 is 0 Å². The monoisotopic (exact) mass is 479 g/mol. The van der Waals surface area contributed by atoms with Gasteiger partial charge in [-0.2, -0.15) is 0 Å².